The molecule has 1 aliphatic carbocycles. The lowest BCUT2D eigenvalue weighted by Gasteiger charge is -2.31. The summed E-state index contributed by atoms with van der Waals surface area (Å²) in [5, 5.41) is 0. The highest BCUT2D eigenvalue weighted by molar-refractivity contribution is 5.01. The van der Waals surface area contributed by atoms with Crippen LogP contribution in [0.2, 0.25) is 0 Å². The minimum Gasteiger partial charge on any atom is -0.468 e. The molecule has 2 rings (SSSR count). The van der Waals surface area contributed by atoms with Crippen LogP contribution in [0.5, 0.6) is 0 Å². The maximum atomic E-state index is 6.36. The van der Waals surface area contributed by atoms with Crippen LogP contribution in [0.4, 0.5) is 0 Å². The molecule has 3 nitrogen and oxygen atoms in total. The van der Waals surface area contributed by atoms with E-state index in [1.54, 1.807) is 6.26 Å². The Kier molecular flexibility index (Phi) is 3.36. The molecule has 1 saturated carbocycles. The van der Waals surface area contributed by atoms with Gasteiger partial charge in [-0.2, -0.15) is 0 Å². The summed E-state index contributed by atoms with van der Waals surface area (Å²) in [6, 6.07) is 3.96. The molecule has 1 aromatic heterocycles. The molecule has 2 N–H and O–H groups in total. The summed E-state index contributed by atoms with van der Waals surface area (Å²) < 4.78 is 5.37. The first-order valence-corrected chi connectivity index (χ1v) is 6.15. The first-order valence-electron chi connectivity index (χ1n) is 6.15. The van der Waals surface area contributed by atoms with E-state index < -0.39 is 0 Å². The van der Waals surface area contributed by atoms with Crippen LogP contribution in [0.1, 0.15) is 32.4 Å². The van der Waals surface area contributed by atoms with Gasteiger partial charge in [0, 0.05) is 12.1 Å². The van der Waals surface area contributed by atoms with Gasteiger partial charge in [-0.05, 0) is 44.4 Å². The van der Waals surface area contributed by atoms with Gasteiger partial charge in [0.25, 0.3) is 0 Å². The van der Waals surface area contributed by atoms with Crippen LogP contribution in [-0.2, 0) is 6.54 Å². The molecular formula is C13H22N2O. The topological polar surface area (TPSA) is 42.4 Å². The average molecular weight is 222 g/mol. The molecule has 0 radical (unpaired) electrons. The number of furan rings is 1. The van der Waals surface area contributed by atoms with E-state index in [0.717, 1.165) is 31.3 Å². The quantitative estimate of drug-likeness (QED) is 0.802. The van der Waals surface area contributed by atoms with E-state index in [1.807, 2.05) is 12.1 Å². The van der Waals surface area contributed by atoms with Crippen LogP contribution >= 0.6 is 0 Å². The third kappa shape index (κ3) is 2.86. The third-order valence-electron chi connectivity index (χ3n) is 3.48. The summed E-state index contributed by atoms with van der Waals surface area (Å²) in [7, 11) is 0. The molecule has 1 aliphatic rings. The van der Waals surface area contributed by atoms with Gasteiger partial charge in [0.1, 0.15) is 5.76 Å². The zero-order valence-electron chi connectivity index (χ0n) is 10.3. The Morgan fingerprint density at radius 1 is 1.56 bits per heavy atom. The van der Waals surface area contributed by atoms with Gasteiger partial charge in [-0.25, -0.2) is 0 Å². The number of likely N-dealkylation sites (N-methyl/N-ethyl adjacent to an activating group) is 1. The Labute approximate surface area is 97.6 Å². The van der Waals surface area contributed by atoms with Crippen molar-refractivity contribution in [3.05, 3.63) is 24.2 Å². The van der Waals surface area contributed by atoms with E-state index >= 15 is 0 Å². The van der Waals surface area contributed by atoms with Crippen molar-refractivity contribution in [2.24, 2.45) is 11.7 Å². The zero-order chi connectivity index (χ0) is 11.6. The van der Waals surface area contributed by atoms with Crippen molar-refractivity contribution in [1.82, 2.24) is 4.90 Å². The second-order valence-corrected chi connectivity index (χ2v) is 5.16. The zero-order valence-corrected chi connectivity index (χ0v) is 10.3. The van der Waals surface area contributed by atoms with Gasteiger partial charge in [0.2, 0.25) is 0 Å². The summed E-state index contributed by atoms with van der Waals surface area (Å²) in [4.78, 5) is 2.36. The molecule has 1 unspecified atom stereocenters. The first kappa shape index (κ1) is 11.7. The van der Waals surface area contributed by atoms with E-state index in [0.29, 0.717) is 0 Å². The SMILES string of the molecule is CCN(Cc1ccco1)CC(C)(N)C1CC1. The second kappa shape index (κ2) is 4.60. The van der Waals surface area contributed by atoms with Crippen LogP contribution in [0.25, 0.3) is 0 Å². The standard InChI is InChI=1S/C13H22N2O/c1-3-15(9-12-5-4-8-16-12)10-13(2,14)11-6-7-11/h4-5,8,11H,3,6-7,9-10,14H2,1-2H3. The predicted octanol–water partition coefficient (Wildman–Crippen LogP) is 2.23. The molecule has 0 amide bonds. The van der Waals surface area contributed by atoms with Crippen LogP contribution in [-0.4, -0.2) is 23.5 Å². The second-order valence-electron chi connectivity index (χ2n) is 5.16. The molecule has 1 atom stereocenters. The van der Waals surface area contributed by atoms with E-state index in [2.05, 4.69) is 18.7 Å². The van der Waals surface area contributed by atoms with Crippen molar-refractivity contribution in [2.75, 3.05) is 13.1 Å². The fourth-order valence-electron chi connectivity index (χ4n) is 2.26. The molecule has 1 fully saturated rings. The lowest BCUT2D eigenvalue weighted by Crippen LogP contribution is -2.49. The minimum atomic E-state index is -0.0391. The smallest absolute Gasteiger partial charge is 0.117 e. The molecule has 0 aliphatic heterocycles. The van der Waals surface area contributed by atoms with Crippen LogP contribution < -0.4 is 5.73 Å². The summed E-state index contributed by atoms with van der Waals surface area (Å²) in [5.74, 6) is 1.74. The monoisotopic (exact) mass is 222 g/mol. The molecule has 3 heteroatoms. The fraction of sp³-hybridized carbons (Fsp3) is 0.692. The molecule has 0 saturated heterocycles. The molecule has 0 spiro atoms. The molecule has 90 valence electrons. The summed E-state index contributed by atoms with van der Waals surface area (Å²) in [5.41, 5.74) is 6.32. The molecular weight excluding hydrogens is 200 g/mol. The summed E-state index contributed by atoms with van der Waals surface area (Å²) in [6.45, 7) is 7.18. The number of nitrogens with zero attached hydrogens (tertiary/aromatic N) is 1. The Bertz CT molecular complexity index is 315. The fourth-order valence-corrected chi connectivity index (χ4v) is 2.26. The first-order chi connectivity index (χ1) is 7.62. The largest absolute Gasteiger partial charge is 0.468 e. The molecule has 16 heavy (non-hydrogen) atoms. The van der Waals surface area contributed by atoms with Crippen molar-refractivity contribution in [3.8, 4) is 0 Å². The van der Waals surface area contributed by atoms with Gasteiger partial charge in [-0.1, -0.05) is 6.92 Å². The maximum absolute atomic E-state index is 6.36. The van der Waals surface area contributed by atoms with Gasteiger partial charge in [-0.15, -0.1) is 0 Å². The highest BCUT2D eigenvalue weighted by Crippen LogP contribution is 2.38. The van der Waals surface area contributed by atoms with Crippen molar-refractivity contribution in [2.45, 2.75) is 38.8 Å². The van der Waals surface area contributed by atoms with Crippen LogP contribution in [0, 0.1) is 5.92 Å². The van der Waals surface area contributed by atoms with Crippen molar-refractivity contribution < 1.29 is 4.42 Å². The van der Waals surface area contributed by atoms with E-state index in [1.165, 1.54) is 12.8 Å². The van der Waals surface area contributed by atoms with Crippen LogP contribution in [0.15, 0.2) is 22.8 Å². The molecule has 1 aromatic rings. The maximum Gasteiger partial charge on any atom is 0.117 e. The van der Waals surface area contributed by atoms with Crippen LogP contribution in [0.3, 0.4) is 0 Å². The van der Waals surface area contributed by atoms with Gasteiger partial charge >= 0.3 is 0 Å². The number of nitrogens with two attached hydrogens (primary N) is 1. The van der Waals surface area contributed by atoms with E-state index in [9.17, 15) is 0 Å². The summed E-state index contributed by atoms with van der Waals surface area (Å²) >= 11 is 0. The van der Waals surface area contributed by atoms with Crippen molar-refractivity contribution in [1.29, 1.82) is 0 Å². The predicted molar refractivity (Wildman–Crippen MR) is 65.0 cm³/mol. The lowest BCUT2D eigenvalue weighted by atomic mass is 9.96. The number of hydrogen-bond donors (Lipinski definition) is 1. The normalized spacial score (nSPS) is 20.0. The van der Waals surface area contributed by atoms with E-state index in [-0.39, 0.29) is 5.54 Å². The van der Waals surface area contributed by atoms with Gasteiger partial charge in [0.05, 0.1) is 12.8 Å². The highest BCUT2D eigenvalue weighted by Gasteiger charge is 2.39. The molecule has 1 heterocycles. The van der Waals surface area contributed by atoms with E-state index in [4.69, 9.17) is 10.2 Å². The summed E-state index contributed by atoms with van der Waals surface area (Å²) in [6.07, 6.45) is 4.32. The Morgan fingerprint density at radius 2 is 2.31 bits per heavy atom. The number of hydrogen-bond acceptors (Lipinski definition) is 3. The third-order valence-corrected chi connectivity index (χ3v) is 3.48. The Morgan fingerprint density at radius 3 is 2.81 bits per heavy atom. The average Bonchev–Trinajstić information content (AvgIpc) is 2.99. The highest BCUT2D eigenvalue weighted by atomic mass is 16.3. The lowest BCUT2D eigenvalue weighted by molar-refractivity contribution is 0.191. The molecule has 0 aromatic carbocycles. The Hall–Kier alpha value is -0.800. The van der Waals surface area contributed by atoms with Gasteiger partial charge < -0.3 is 10.2 Å². The van der Waals surface area contributed by atoms with Gasteiger partial charge in [0.15, 0.2) is 0 Å². The van der Waals surface area contributed by atoms with Crippen molar-refractivity contribution >= 4 is 0 Å². The van der Waals surface area contributed by atoms with Crippen molar-refractivity contribution in [3.63, 3.8) is 0 Å². The number of rotatable bonds is 6. The van der Waals surface area contributed by atoms with Gasteiger partial charge in [-0.3, -0.25) is 4.90 Å². The Balaban J connectivity index is 1.90. The minimum absolute atomic E-state index is 0.0391. The molecule has 0 bridgehead atoms.